The van der Waals surface area contributed by atoms with Gasteiger partial charge in [-0.15, -0.1) is 0 Å². The predicted octanol–water partition coefficient (Wildman–Crippen LogP) is 5.90. The van der Waals surface area contributed by atoms with Crippen LogP contribution in [0, 0.1) is 6.92 Å². The molecule has 5 heterocycles. The Kier molecular flexibility index (Phi) is 8.34. The molecule has 8 nitrogen and oxygen atoms in total. The number of aromatic amines is 1. The number of hydrogen-bond acceptors (Lipinski definition) is 6. The van der Waals surface area contributed by atoms with Gasteiger partial charge in [-0.25, -0.2) is 4.98 Å². The van der Waals surface area contributed by atoms with Crippen LogP contribution in [0.1, 0.15) is 53.4 Å². The van der Waals surface area contributed by atoms with Crippen molar-refractivity contribution in [2.75, 3.05) is 39.3 Å². The number of piperazine rings is 1. The van der Waals surface area contributed by atoms with Crippen molar-refractivity contribution in [1.82, 2.24) is 29.7 Å². The number of ether oxygens (including phenoxy) is 1. The SMILES string of the molecule is CCN1CCN(Cc2ccc(CC(=O)N3Cc4cc(Oc5ccnc6[nH]c(C)cc56)cnc4[C@H](C)C3)cc2C(F)(F)F)CC1. The van der Waals surface area contributed by atoms with Crippen molar-refractivity contribution in [3.05, 3.63) is 82.4 Å². The summed E-state index contributed by atoms with van der Waals surface area (Å²) in [5, 5.41) is 0.858. The minimum atomic E-state index is -4.50. The molecule has 2 aliphatic heterocycles. The highest BCUT2D eigenvalue weighted by Crippen LogP contribution is 2.35. The number of alkyl halides is 3. The Morgan fingerprint density at radius 3 is 2.59 bits per heavy atom. The predicted molar refractivity (Wildman–Crippen MR) is 162 cm³/mol. The number of nitrogens with zero attached hydrogens (tertiary/aromatic N) is 5. The summed E-state index contributed by atoms with van der Waals surface area (Å²) in [5.41, 5.74) is 3.40. The third kappa shape index (κ3) is 6.44. The largest absolute Gasteiger partial charge is 0.455 e. The number of likely N-dealkylation sites (N-methyl/N-ethyl adjacent to an activating group) is 1. The number of aromatic nitrogens is 3. The van der Waals surface area contributed by atoms with Crippen molar-refractivity contribution >= 4 is 16.9 Å². The zero-order chi connectivity index (χ0) is 31.0. The Morgan fingerprint density at radius 2 is 1.84 bits per heavy atom. The Labute approximate surface area is 254 Å². The quantitative estimate of drug-likeness (QED) is 0.282. The van der Waals surface area contributed by atoms with E-state index in [1.54, 1.807) is 35.5 Å². The number of carbonyl (C=O) groups is 1. The summed E-state index contributed by atoms with van der Waals surface area (Å²) >= 11 is 0. The molecule has 3 aromatic heterocycles. The molecule has 1 N–H and O–H groups in total. The summed E-state index contributed by atoms with van der Waals surface area (Å²) in [6, 6.07) is 10.0. The van der Waals surface area contributed by atoms with Crippen LogP contribution in [-0.4, -0.2) is 74.8 Å². The van der Waals surface area contributed by atoms with E-state index in [4.69, 9.17) is 4.74 Å². The van der Waals surface area contributed by atoms with Crippen molar-refractivity contribution in [2.45, 2.75) is 52.4 Å². The van der Waals surface area contributed by atoms with Crippen molar-refractivity contribution in [2.24, 2.45) is 0 Å². The van der Waals surface area contributed by atoms with E-state index in [1.807, 2.05) is 26.0 Å². The number of aryl methyl sites for hydroxylation is 1. The molecule has 6 rings (SSSR count). The number of fused-ring (bicyclic) bond motifs is 2. The molecule has 0 unspecified atom stereocenters. The highest BCUT2D eigenvalue weighted by Gasteiger charge is 2.35. The van der Waals surface area contributed by atoms with E-state index in [0.29, 0.717) is 30.2 Å². The molecule has 11 heteroatoms. The van der Waals surface area contributed by atoms with Crippen LogP contribution < -0.4 is 4.74 Å². The zero-order valence-electron chi connectivity index (χ0n) is 25.2. The molecule has 0 bridgehead atoms. The van der Waals surface area contributed by atoms with Crippen molar-refractivity contribution in [3.63, 3.8) is 0 Å². The third-order valence-electron chi connectivity index (χ3n) is 8.65. The molecule has 4 aromatic rings. The molecule has 44 heavy (non-hydrogen) atoms. The number of H-pyrrole nitrogens is 1. The van der Waals surface area contributed by atoms with E-state index in [9.17, 15) is 18.0 Å². The van der Waals surface area contributed by atoms with Gasteiger partial charge in [-0.1, -0.05) is 26.0 Å². The second-order valence-corrected chi connectivity index (χ2v) is 11.9. The topological polar surface area (TPSA) is 77.6 Å². The molecule has 0 saturated carbocycles. The third-order valence-corrected chi connectivity index (χ3v) is 8.65. The molecule has 0 spiro atoms. The lowest BCUT2D eigenvalue weighted by Crippen LogP contribution is -2.45. The lowest BCUT2D eigenvalue weighted by Gasteiger charge is -2.34. The smallest absolute Gasteiger partial charge is 0.416 e. The summed E-state index contributed by atoms with van der Waals surface area (Å²) in [6.45, 7) is 11.2. The lowest BCUT2D eigenvalue weighted by molar-refractivity contribution is -0.138. The maximum atomic E-state index is 14.1. The van der Waals surface area contributed by atoms with Crippen LogP contribution in [0.3, 0.4) is 0 Å². The zero-order valence-corrected chi connectivity index (χ0v) is 25.2. The Morgan fingerprint density at radius 1 is 1.07 bits per heavy atom. The van der Waals surface area contributed by atoms with E-state index in [2.05, 4.69) is 31.7 Å². The summed E-state index contributed by atoms with van der Waals surface area (Å²) in [5.74, 6) is 0.935. The second-order valence-electron chi connectivity index (χ2n) is 11.9. The minimum Gasteiger partial charge on any atom is -0.455 e. The van der Waals surface area contributed by atoms with Gasteiger partial charge in [0, 0.05) is 63.6 Å². The van der Waals surface area contributed by atoms with E-state index >= 15 is 0 Å². The van der Waals surface area contributed by atoms with Crippen LogP contribution in [0.2, 0.25) is 0 Å². The maximum Gasteiger partial charge on any atom is 0.416 e. The summed E-state index contributed by atoms with van der Waals surface area (Å²) < 4.78 is 48.6. The molecular formula is C33H37F3N6O2. The number of carbonyl (C=O) groups excluding carboxylic acids is 1. The molecular weight excluding hydrogens is 569 g/mol. The second kappa shape index (κ2) is 12.2. The van der Waals surface area contributed by atoms with Gasteiger partial charge in [0.2, 0.25) is 5.91 Å². The van der Waals surface area contributed by atoms with E-state index < -0.39 is 11.7 Å². The number of amides is 1. The fraction of sp³-hybridized carbons (Fsp3) is 0.424. The maximum absolute atomic E-state index is 14.1. The van der Waals surface area contributed by atoms with Crippen LogP contribution in [0.4, 0.5) is 13.2 Å². The van der Waals surface area contributed by atoms with Crippen molar-refractivity contribution < 1.29 is 22.7 Å². The average Bonchev–Trinajstić information content (AvgIpc) is 3.39. The highest BCUT2D eigenvalue weighted by atomic mass is 19.4. The van der Waals surface area contributed by atoms with Gasteiger partial charge in [-0.05, 0) is 54.4 Å². The van der Waals surface area contributed by atoms with Crippen LogP contribution in [0.25, 0.3) is 11.0 Å². The Hall–Kier alpha value is -3.96. The van der Waals surface area contributed by atoms with Gasteiger partial charge < -0.3 is 19.5 Å². The summed E-state index contributed by atoms with van der Waals surface area (Å²) in [4.78, 5) is 31.7. The van der Waals surface area contributed by atoms with Crippen LogP contribution in [0.15, 0.2) is 48.8 Å². The first-order chi connectivity index (χ1) is 21.1. The monoisotopic (exact) mass is 606 g/mol. The molecule has 1 atom stereocenters. The fourth-order valence-electron chi connectivity index (χ4n) is 6.28. The lowest BCUT2D eigenvalue weighted by atomic mass is 9.95. The number of nitrogens with one attached hydrogen (secondary N) is 1. The van der Waals surface area contributed by atoms with Crippen LogP contribution in [0.5, 0.6) is 11.5 Å². The molecule has 0 aliphatic carbocycles. The highest BCUT2D eigenvalue weighted by molar-refractivity contribution is 5.83. The minimum absolute atomic E-state index is 0.0296. The first-order valence-electron chi connectivity index (χ1n) is 15.1. The van der Waals surface area contributed by atoms with Gasteiger partial charge in [0.05, 0.1) is 29.3 Å². The standard InChI is InChI=1S/C33H37F3N6O2/c1-4-40-9-11-41(12-10-40)19-24-6-5-23(14-28(24)33(34,35)36)15-30(43)42-18-21(2)31-25(20-42)16-26(17-38-31)44-29-7-8-37-32-27(29)13-22(3)39-32/h5-8,13-14,16-17,21H,4,9-12,15,18-20H2,1-3H3,(H,37,39)/t21-/m1/s1. The molecule has 1 aromatic carbocycles. The van der Waals surface area contributed by atoms with Crippen molar-refractivity contribution in [3.8, 4) is 11.5 Å². The number of benzene rings is 1. The first-order valence-corrected chi connectivity index (χ1v) is 15.1. The number of pyridine rings is 2. The van der Waals surface area contributed by atoms with Gasteiger partial charge in [-0.3, -0.25) is 14.7 Å². The van der Waals surface area contributed by atoms with E-state index in [-0.39, 0.29) is 30.4 Å². The van der Waals surface area contributed by atoms with Gasteiger partial charge in [0.25, 0.3) is 0 Å². The van der Waals surface area contributed by atoms with Gasteiger partial charge in [0.15, 0.2) is 0 Å². The number of hydrogen-bond donors (Lipinski definition) is 1. The van der Waals surface area contributed by atoms with E-state index in [0.717, 1.165) is 66.8 Å². The Balaban J connectivity index is 1.16. The number of halogens is 3. The summed E-state index contributed by atoms with van der Waals surface area (Å²) in [7, 11) is 0. The molecule has 1 fully saturated rings. The molecule has 1 amide bonds. The Bertz CT molecular complexity index is 1660. The van der Waals surface area contributed by atoms with Gasteiger partial charge >= 0.3 is 6.18 Å². The molecule has 1 saturated heterocycles. The van der Waals surface area contributed by atoms with Gasteiger partial charge in [-0.2, -0.15) is 13.2 Å². The van der Waals surface area contributed by atoms with Gasteiger partial charge in [0.1, 0.15) is 17.1 Å². The average molecular weight is 607 g/mol. The first kappa shape index (κ1) is 30.1. The molecule has 0 radical (unpaired) electrons. The number of rotatable bonds is 7. The molecule has 232 valence electrons. The van der Waals surface area contributed by atoms with E-state index in [1.165, 1.54) is 0 Å². The summed E-state index contributed by atoms with van der Waals surface area (Å²) in [6.07, 6.45) is -1.25. The van der Waals surface area contributed by atoms with Crippen LogP contribution in [-0.2, 0) is 30.5 Å². The van der Waals surface area contributed by atoms with Crippen LogP contribution >= 0.6 is 0 Å². The fourth-order valence-corrected chi connectivity index (χ4v) is 6.28. The normalized spacial score (nSPS) is 18.0. The van der Waals surface area contributed by atoms with Crippen molar-refractivity contribution in [1.29, 1.82) is 0 Å². The molecule has 2 aliphatic rings.